The van der Waals surface area contributed by atoms with Crippen molar-refractivity contribution in [2.24, 2.45) is 4.99 Å². The fraction of sp³-hybridized carbons (Fsp3) is 0.455. The number of aromatic nitrogens is 1. The van der Waals surface area contributed by atoms with Crippen molar-refractivity contribution in [3.63, 3.8) is 0 Å². The molecular formula is C22H29F3IN5O. The zero-order chi connectivity index (χ0) is 22.1. The lowest BCUT2D eigenvalue weighted by atomic mass is 10.1. The van der Waals surface area contributed by atoms with E-state index in [4.69, 9.17) is 4.74 Å². The Bertz CT molecular complexity index is 855. The second-order valence-corrected chi connectivity index (χ2v) is 7.40. The maximum absolute atomic E-state index is 12.2. The third kappa shape index (κ3) is 8.71. The van der Waals surface area contributed by atoms with Gasteiger partial charge >= 0.3 is 6.18 Å². The first kappa shape index (κ1) is 26.0. The van der Waals surface area contributed by atoms with Gasteiger partial charge in [-0.05, 0) is 54.7 Å². The van der Waals surface area contributed by atoms with Crippen LogP contribution in [-0.4, -0.2) is 43.9 Å². The first-order valence-electron chi connectivity index (χ1n) is 10.4. The van der Waals surface area contributed by atoms with Gasteiger partial charge in [-0.1, -0.05) is 12.1 Å². The van der Waals surface area contributed by atoms with E-state index >= 15 is 0 Å². The second-order valence-electron chi connectivity index (χ2n) is 7.40. The topological polar surface area (TPSA) is 61.8 Å². The normalized spacial score (nSPS) is 14.5. The fourth-order valence-corrected chi connectivity index (χ4v) is 3.33. The number of pyridine rings is 1. The molecular weight excluding hydrogens is 534 g/mol. The summed E-state index contributed by atoms with van der Waals surface area (Å²) in [7, 11) is 1.69. The number of ether oxygens (including phenoxy) is 1. The van der Waals surface area contributed by atoms with Crippen LogP contribution in [0.5, 0.6) is 5.75 Å². The van der Waals surface area contributed by atoms with Gasteiger partial charge in [0.1, 0.15) is 11.6 Å². The Kier molecular flexibility index (Phi) is 10.3. The van der Waals surface area contributed by atoms with Gasteiger partial charge in [0.2, 0.25) is 0 Å². The maximum Gasteiger partial charge on any atom is 0.422 e. The molecule has 0 amide bonds. The minimum atomic E-state index is -4.35. The molecule has 0 saturated carbocycles. The molecule has 1 fully saturated rings. The van der Waals surface area contributed by atoms with Gasteiger partial charge in [-0.2, -0.15) is 13.2 Å². The molecule has 1 saturated heterocycles. The van der Waals surface area contributed by atoms with E-state index in [-0.39, 0.29) is 29.7 Å². The molecule has 1 aromatic carbocycles. The highest BCUT2D eigenvalue weighted by atomic mass is 127. The van der Waals surface area contributed by atoms with Crippen LogP contribution in [-0.2, 0) is 13.1 Å². The number of hydrogen-bond donors (Lipinski definition) is 2. The number of halogens is 4. The van der Waals surface area contributed by atoms with E-state index in [0.717, 1.165) is 30.0 Å². The Hall–Kier alpha value is -2.24. The highest BCUT2D eigenvalue weighted by Crippen LogP contribution is 2.19. The van der Waals surface area contributed by atoms with E-state index in [2.05, 4.69) is 31.6 Å². The fourth-order valence-electron chi connectivity index (χ4n) is 3.33. The van der Waals surface area contributed by atoms with Crippen LogP contribution in [0.1, 0.15) is 30.4 Å². The molecule has 0 unspecified atom stereocenters. The van der Waals surface area contributed by atoms with Gasteiger partial charge in [0.05, 0.1) is 0 Å². The van der Waals surface area contributed by atoms with E-state index in [1.165, 1.54) is 31.4 Å². The van der Waals surface area contributed by atoms with Gasteiger partial charge < -0.3 is 20.3 Å². The highest BCUT2D eigenvalue weighted by molar-refractivity contribution is 14.0. The van der Waals surface area contributed by atoms with E-state index < -0.39 is 12.8 Å². The molecule has 0 atom stereocenters. The Labute approximate surface area is 203 Å². The Morgan fingerprint density at radius 2 is 1.69 bits per heavy atom. The van der Waals surface area contributed by atoms with Gasteiger partial charge in [-0.25, -0.2) is 4.98 Å². The number of alkyl halides is 3. The summed E-state index contributed by atoms with van der Waals surface area (Å²) in [6.45, 7) is 1.89. The van der Waals surface area contributed by atoms with Gasteiger partial charge in [0.15, 0.2) is 12.6 Å². The Balaban J connectivity index is 0.00000363. The van der Waals surface area contributed by atoms with Crippen LogP contribution in [0.3, 0.4) is 0 Å². The predicted molar refractivity (Wildman–Crippen MR) is 131 cm³/mol. The predicted octanol–water partition coefficient (Wildman–Crippen LogP) is 4.50. The number of hydrogen-bond acceptors (Lipinski definition) is 4. The number of piperidine rings is 1. The number of nitrogens with zero attached hydrogens (tertiary/aromatic N) is 3. The summed E-state index contributed by atoms with van der Waals surface area (Å²) in [4.78, 5) is 11.0. The van der Waals surface area contributed by atoms with E-state index in [1.807, 2.05) is 12.3 Å². The average molecular weight is 563 g/mol. The number of anilines is 1. The van der Waals surface area contributed by atoms with Crippen molar-refractivity contribution >= 4 is 35.8 Å². The SMILES string of the molecule is CN=C(NCc1ccc(OCC(F)(F)F)cc1)NCc1ccnc(N2CCCCC2)c1.I. The molecule has 0 radical (unpaired) electrons. The van der Waals surface area contributed by atoms with Gasteiger partial charge in [0.25, 0.3) is 0 Å². The van der Waals surface area contributed by atoms with Crippen molar-refractivity contribution < 1.29 is 17.9 Å². The van der Waals surface area contributed by atoms with Crippen LogP contribution in [0.15, 0.2) is 47.6 Å². The van der Waals surface area contributed by atoms with Crippen LogP contribution in [0, 0.1) is 0 Å². The van der Waals surface area contributed by atoms with Crippen LogP contribution in [0.25, 0.3) is 0 Å². The van der Waals surface area contributed by atoms with Gasteiger partial charge in [0, 0.05) is 39.4 Å². The molecule has 0 bridgehead atoms. The highest BCUT2D eigenvalue weighted by Gasteiger charge is 2.28. The van der Waals surface area contributed by atoms with Crippen molar-refractivity contribution in [1.82, 2.24) is 15.6 Å². The molecule has 0 spiro atoms. The second kappa shape index (κ2) is 12.7. The monoisotopic (exact) mass is 563 g/mol. The van der Waals surface area contributed by atoms with Crippen LogP contribution in [0.4, 0.5) is 19.0 Å². The number of benzene rings is 1. The summed E-state index contributed by atoms with van der Waals surface area (Å²) in [6.07, 6.45) is 1.18. The molecule has 6 nitrogen and oxygen atoms in total. The summed E-state index contributed by atoms with van der Waals surface area (Å²) >= 11 is 0. The summed E-state index contributed by atoms with van der Waals surface area (Å²) in [5.74, 6) is 1.83. The number of guanidine groups is 1. The Morgan fingerprint density at radius 1 is 1.03 bits per heavy atom. The third-order valence-electron chi connectivity index (χ3n) is 4.96. The van der Waals surface area contributed by atoms with Crippen LogP contribution < -0.4 is 20.3 Å². The van der Waals surface area contributed by atoms with E-state index in [0.29, 0.717) is 19.0 Å². The molecule has 2 heterocycles. The minimum Gasteiger partial charge on any atom is -0.484 e. The smallest absolute Gasteiger partial charge is 0.422 e. The third-order valence-corrected chi connectivity index (χ3v) is 4.96. The zero-order valence-electron chi connectivity index (χ0n) is 18.0. The average Bonchev–Trinajstić information content (AvgIpc) is 2.79. The van der Waals surface area contributed by atoms with E-state index in [9.17, 15) is 13.2 Å². The quantitative estimate of drug-likeness (QED) is 0.296. The number of aliphatic imine (C=N–C) groups is 1. The lowest BCUT2D eigenvalue weighted by Gasteiger charge is -2.28. The number of nitrogens with one attached hydrogen (secondary N) is 2. The molecule has 2 N–H and O–H groups in total. The van der Waals surface area contributed by atoms with Crippen LogP contribution >= 0.6 is 24.0 Å². The molecule has 0 aliphatic carbocycles. The Morgan fingerprint density at radius 3 is 2.31 bits per heavy atom. The lowest BCUT2D eigenvalue weighted by molar-refractivity contribution is -0.153. The molecule has 1 aliphatic rings. The standard InChI is InChI=1S/C22H28F3N5O.HI/c1-26-21(28-14-17-5-7-19(8-6-17)31-16-22(23,24)25)29-15-18-9-10-27-20(13-18)30-11-3-2-4-12-30;/h5-10,13H,2-4,11-12,14-16H2,1H3,(H2,26,28,29);1H. The first-order chi connectivity index (χ1) is 14.9. The molecule has 1 aromatic heterocycles. The molecule has 32 heavy (non-hydrogen) atoms. The van der Waals surface area contributed by atoms with Crippen molar-refractivity contribution in [3.8, 4) is 5.75 Å². The summed E-state index contributed by atoms with van der Waals surface area (Å²) in [5.41, 5.74) is 2.02. The molecule has 1 aliphatic heterocycles. The van der Waals surface area contributed by atoms with E-state index in [1.54, 1.807) is 19.2 Å². The van der Waals surface area contributed by atoms with Gasteiger partial charge in [-0.15, -0.1) is 24.0 Å². The van der Waals surface area contributed by atoms with Crippen LogP contribution in [0.2, 0.25) is 0 Å². The molecule has 2 aromatic rings. The summed E-state index contributed by atoms with van der Waals surface area (Å²) < 4.78 is 41.4. The van der Waals surface area contributed by atoms with Crippen molar-refractivity contribution in [3.05, 3.63) is 53.7 Å². The van der Waals surface area contributed by atoms with Crippen molar-refractivity contribution in [2.45, 2.75) is 38.5 Å². The lowest BCUT2D eigenvalue weighted by Crippen LogP contribution is -2.36. The zero-order valence-corrected chi connectivity index (χ0v) is 20.3. The molecule has 3 rings (SSSR count). The molecule has 10 heteroatoms. The largest absolute Gasteiger partial charge is 0.484 e. The first-order valence-corrected chi connectivity index (χ1v) is 10.4. The number of rotatable bonds is 7. The summed E-state index contributed by atoms with van der Waals surface area (Å²) in [6, 6.07) is 10.6. The van der Waals surface area contributed by atoms with Crippen molar-refractivity contribution in [1.29, 1.82) is 0 Å². The summed E-state index contributed by atoms with van der Waals surface area (Å²) in [5, 5.41) is 6.48. The maximum atomic E-state index is 12.2. The molecule has 176 valence electrons. The van der Waals surface area contributed by atoms with Gasteiger partial charge in [-0.3, -0.25) is 4.99 Å². The van der Waals surface area contributed by atoms with Crippen molar-refractivity contribution in [2.75, 3.05) is 31.6 Å². The minimum absolute atomic E-state index is 0.